The van der Waals surface area contributed by atoms with E-state index >= 15 is 0 Å². The van der Waals surface area contributed by atoms with E-state index in [1.54, 1.807) is 13.8 Å². The number of pyridine rings is 1. The van der Waals surface area contributed by atoms with Crippen LogP contribution in [-0.2, 0) is 9.47 Å². The Kier molecular flexibility index (Phi) is 5.55. The number of esters is 2. The minimum atomic E-state index is -0.369. The summed E-state index contributed by atoms with van der Waals surface area (Å²) in [6.45, 7) is 12.1. The van der Waals surface area contributed by atoms with Gasteiger partial charge in [0.15, 0.2) is 0 Å². The molecule has 3 heterocycles. The Bertz CT molecular complexity index is 1370. The number of carbonyl (C=O) groups is 2. The van der Waals surface area contributed by atoms with E-state index in [9.17, 15) is 9.59 Å². The van der Waals surface area contributed by atoms with Crippen LogP contribution in [0.5, 0.6) is 0 Å². The second-order valence-electron chi connectivity index (χ2n) is 7.97. The number of ether oxygens (including phenoxy) is 2. The van der Waals surface area contributed by atoms with E-state index in [1.807, 2.05) is 56.5 Å². The number of rotatable bonds is 5. The summed E-state index contributed by atoms with van der Waals surface area (Å²) in [6.07, 6.45) is 1.98. The lowest BCUT2D eigenvalue weighted by molar-refractivity contribution is 0.0509. The number of H-pyrrole nitrogens is 1. The summed E-state index contributed by atoms with van der Waals surface area (Å²) in [4.78, 5) is 28.7. The smallest absolute Gasteiger partial charge is 0.355 e. The fourth-order valence-electron chi connectivity index (χ4n) is 4.42. The van der Waals surface area contributed by atoms with Crippen molar-refractivity contribution in [2.45, 2.75) is 41.5 Å². The predicted molar refractivity (Wildman–Crippen MR) is 126 cm³/mol. The minimum absolute atomic E-state index is 0.308. The van der Waals surface area contributed by atoms with E-state index in [-0.39, 0.29) is 11.9 Å². The third kappa shape index (κ3) is 3.18. The Morgan fingerprint density at radius 2 is 1.53 bits per heavy atom. The molecule has 1 aromatic carbocycles. The maximum Gasteiger partial charge on any atom is 0.355 e. The molecule has 0 radical (unpaired) electrons. The van der Waals surface area contributed by atoms with Crippen LogP contribution in [0.15, 0.2) is 30.5 Å². The number of aromatic amines is 1. The summed E-state index contributed by atoms with van der Waals surface area (Å²) in [5.41, 5.74) is 7.42. The Hall–Kier alpha value is -3.54. The highest BCUT2D eigenvalue weighted by Crippen LogP contribution is 2.40. The van der Waals surface area contributed by atoms with E-state index in [0.29, 0.717) is 24.6 Å². The van der Waals surface area contributed by atoms with E-state index in [0.717, 1.165) is 49.8 Å². The van der Waals surface area contributed by atoms with Crippen LogP contribution in [0.3, 0.4) is 0 Å². The van der Waals surface area contributed by atoms with Crippen molar-refractivity contribution in [2.75, 3.05) is 13.2 Å². The molecule has 0 amide bonds. The third-order valence-electron chi connectivity index (χ3n) is 6.25. The molecule has 3 aromatic heterocycles. The molecule has 166 valence electrons. The minimum Gasteiger partial charge on any atom is -0.461 e. The lowest BCUT2D eigenvalue weighted by atomic mass is 9.98. The van der Waals surface area contributed by atoms with E-state index < -0.39 is 0 Å². The normalized spacial score (nSPS) is 11.3. The Balaban J connectivity index is 2.14. The maximum atomic E-state index is 12.9. The molecule has 0 atom stereocenters. The Morgan fingerprint density at radius 1 is 0.875 bits per heavy atom. The van der Waals surface area contributed by atoms with Gasteiger partial charge in [-0.05, 0) is 74.6 Å². The molecule has 4 aromatic rings. The number of hydrogen-bond donors (Lipinski definition) is 1. The van der Waals surface area contributed by atoms with Gasteiger partial charge in [-0.15, -0.1) is 0 Å². The lowest BCUT2D eigenvalue weighted by Crippen LogP contribution is -2.09. The molecule has 0 aliphatic heterocycles. The zero-order valence-electron chi connectivity index (χ0n) is 19.4. The topological polar surface area (TPSA) is 72.8 Å². The van der Waals surface area contributed by atoms with Crippen LogP contribution in [0.4, 0.5) is 0 Å². The first kappa shape index (κ1) is 21.7. The zero-order valence-corrected chi connectivity index (χ0v) is 19.4. The van der Waals surface area contributed by atoms with Gasteiger partial charge >= 0.3 is 11.9 Å². The summed E-state index contributed by atoms with van der Waals surface area (Å²) in [6, 6.07) is 8.06. The van der Waals surface area contributed by atoms with Crippen molar-refractivity contribution in [1.82, 2.24) is 9.38 Å². The quantitative estimate of drug-likeness (QED) is 0.412. The molecule has 0 spiro atoms. The molecule has 0 bridgehead atoms. The molecule has 0 fully saturated rings. The second kappa shape index (κ2) is 8.19. The van der Waals surface area contributed by atoms with Crippen LogP contribution in [0, 0.1) is 27.7 Å². The molecule has 0 aliphatic carbocycles. The molecule has 0 unspecified atom stereocenters. The van der Waals surface area contributed by atoms with Gasteiger partial charge in [-0.25, -0.2) is 9.59 Å². The molecule has 1 N–H and O–H groups in total. The van der Waals surface area contributed by atoms with Gasteiger partial charge in [0.25, 0.3) is 0 Å². The summed E-state index contributed by atoms with van der Waals surface area (Å²) >= 11 is 0. The number of aryl methyl sites for hydroxylation is 1. The fourth-order valence-corrected chi connectivity index (χ4v) is 4.42. The van der Waals surface area contributed by atoms with E-state index in [1.165, 1.54) is 0 Å². The first-order valence-corrected chi connectivity index (χ1v) is 10.9. The first-order valence-electron chi connectivity index (χ1n) is 10.9. The van der Waals surface area contributed by atoms with Gasteiger partial charge in [0.05, 0.1) is 24.4 Å². The van der Waals surface area contributed by atoms with Gasteiger partial charge in [0, 0.05) is 11.8 Å². The Morgan fingerprint density at radius 3 is 2.22 bits per heavy atom. The van der Waals surface area contributed by atoms with Crippen LogP contribution in [0.2, 0.25) is 0 Å². The number of carbonyl (C=O) groups excluding carboxylic acids is 2. The van der Waals surface area contributed by atoms with Crippen molar-refractivity contribution in [3.63, 3.8) is 0 Å². The third-order valence-corrected chi connectivity index (χ3v) is 6.25. The van der Waals surface area contributed by atoms with E-state index in [4.69, 9.17) is 9.47 Å². The monoisotopic (exact) mass is 432 g/mol. The van der Waals surface area contributed by atoms with Gasteiger partial charge in [0.2, 0.25) is 0 Å². The van der Waals surface area contributed by atoms with Gasteiger partial charge in [0.1, 0.15) is 11.4 Å². The highest BCUT2D eigenvalue weighted by molar-refractivity contribution is 6.07. The number of nitrogens with zero attached hydrogens (tertiary/aromatic N) is 1. The number of benzene rings is 1. The average Bonchev–Trinajstić information content (AvgIpc) is 3.20. The van der Waals surface area contributed by atoms with Crippen molar-refractivity contribution >= 4 is 28.2 Å². The number of hydrogen-bond acceptors (Lipinski definition) is 4. The zero-order chi connectivity index (χ0) is 23.2. The largest absolute Gasteiger partial charge is 0.461 e. The standard InChI is InChI=1S/C26H28N2O4/c1-7-31-25(29)22-15(4)14(3)21(27-22)20-19-12-10-9-11-18(19)13-28-23(20)16(5)17(6)24(28)26(30)32-8-2/h9-13,27H,7-8H2,1-6H3. The molecular formula is C26H28N2O4. The van der Waals surface area contributed by atoms with Crippen LogP contribution in [0.1, 0.15) is 57.1 Å². The highest BCUT2D eigenvalue weighted by Gasteiger charge is 2.26. The lowest BCUT2D eigenvalue weighted by Gasteiger charge is -2.13. The van der Waals surface area contributed by atoms with Gasteiger partial charge in [-0.2, -0.15) is 0 Å². The van der Waals surface area contributed by atoms with Gasteiger partial charge < -0.3 is 18.9 Å². The molecule has 0 aliphatic rings. The van der Waals surface area contributed by atoms with Crippen molar-refractivity contribution in [1.29, 1.82) is 0 Å². The average molecular weight is 433 g/mol. The SMILES string of the molecule is CCOC(=O)c1[nH]c(-c2c3ccccc3cn3c(C(=O)OCC)c(C)c(C)c23)c(C)c1C. The number of aromatic nitrogens is 2. The second-order valence-corrected chi connectivity index (χ2v) is 7.97. The van der Waals surface area contributed by atoms with Crippen LogP contribution in [0.25, 0.3) is 27.5 Å². The van der Waals surface area contributed by atoms with E-state index in [2.05, 4.69) is 11.1 Å². The summed E-state index contributed by atoms with van der Waals surface area (Å²) in [5.74, 6) is -0.716. The number of nitrogens with one attached hydrogen (secondary N) is 1. The molecule has 4 rings (SSSR count). The Labute approximate surface area is 187 Å². The van der Waals surface area contributed by atoms with Gasteiger partial charge in [-0.3, -0.25) is 0 Å². The number of fused-ring (bicyclic) bond motifs is 2. The summed E-state index contributed by atoms with van der Waals surface area (Å²) in [7, 11) is 0. The highest BCUT2D eigenvalue weighted by atomic mass is 16.5. The molecular weight excluding hydrogens is 404 g/mol. The van der Waals surface area contributed by atoms with Crippen molar-refractivity contribution in [2.24, 2.45) is 0 Å². The van der Waals surface area contributed by atoms with Crippen molar-refractivity contribution in [3.05, 3.63) is 64.1 Å². The maximum absolute atomic E-state index is 12.9. The molecule has 6 nitrogen and oxygen atoms in total. The van der Waals surface area contributed by atoms with Crippen LogP contribution < -0.4 is 0 Å². The van der Waals surface area contributed by atoms with Crippen molar-refractivity contribution in [3.8, 4) is 11.3 Å². The predicted octanol–water partition coefficient (Wildman–Crippen LogP) is 5.67. The van der Waals surface area contributed by atoms with Crippen molar-refractivity contribution < 1.29 is 19.1 Å². The van der Waals surface area contributed by atoms with Crippen LogP contribution in [-0.4, -0.2) is 34.5 Å². The molecule has 0 saturated heterocycles. The van der Waals surface area contributed by atoms with Gasteiger partial charge in [-0.1, -0.05) is 24.3 Å². The fraction of sp³-hybridized carbons (Fsp3) is 0.308. The molecule has 32 heavy (non-hydrogen) atoms. The summed E-state index contributed by atoms with van der Waals surface area (Å²) < 4.78 is 12.6. The van der Waals surface area contributed by atoms with Crippen LogP contribution >= 0.6 is 0 Å². The summed E-state index contributed by atoms with van der Waals surface area (Å²) in [5, 5.41) is 2.02. The first-order chi connectivity index (χ1) is 15.3. The molecule has 6 heteroatoms. The molecule has 0 saturated carbocycles.